The summed E-state index contributed by atoms with van der Waals surface area (Å²) >= 11 is 3.15. The molecule has 90 heavy (non-hydrogen) atoms. The number of aromatic amines is 1. The molecular formula is C64H78FN11O12S2. The highest BCUT2D eigenvalue weighted by Crippen LogP contribution is 2.31. The summed E-state index contributed by atoms with van der Waals surface area (Å²) in [6.45, 7) is 6.10. The van der Waals surface area contributed by atoms with E-state index in [1.807, 2.05) is 18.2 Å². The van der Waals surface area contributed by atoms with Gasteiger partial charge in [0.15, 0.2) is 0 Å². The zero-order valence-electron chi connectivity index (χ0n) is 50.8. The molecule has 0 spiro atoms. The van der Waals surface area contributed by atoms with Crippen molar-refractivity contribution < 1.29 is 62.2 Å². The second-order valence-corrected chi connectivity index (χ2v) is 25.3. The predicted molar refractivity (Wildman–Crippen MR) is 338 cm³/mol. The van der Waals surface area contributed by atoms with Crippen LogP contribution in [-0.4, -0.2) is 160 Å². The Morgan fingerprint density at radius 2 is 1.29 bits per heavy atom. The lowest BCUT2D eigenvalue weighted by molar-refractivity contribution is -0.147. The summed E-state index contributed by atoms with van der Waals surface area (Å²) in [6.07, 6.45) is -0.640. The standard InChI is InChI=1S/C64H78FN11O12S2/c1-36-56(80)70-37(2)57(81)71-49-28-40-9-6-10-41(25-40)32-68-54(79)31-51(73-59(83)50(72-58(49)82)29-44-33-67-48-18-15-45(65)30-47(44)48)60(84)75-55(38(3)77)61(85)74-52(27-39-13-16-46(88-5)17-14-39)62(86)76-22-8-20-64(76,4)63(87)66-21-24-90-35-43-12-7-11-42(26-43)34-89-23-19-53(78)69-36/h6-7,9-18,25-26,30,33,36-38,49-52,55,67,77H,8,19-24,27-29,31-32,34-35H2,1-5H3,(H,66,87)(H,68,79)(H,69,78)(H,70,80)(H,71,81)(H,72,82)(H,73,83)(H,74,85)(H,75,84)/t36-,37+,38+,49-,50-,51-,52-,55-,64-/m0/s1. The maximum absolute atomic E-state index is 15.0. The maximum Gasteiger partial charge on any atom is 0.246 e. The first-order valence-corrected chi connectivity index (χ1v) is 32.2. The van der Waals surface area contributed by atoms with Gasteiger partial charge in [0.05, 0.1) is 19.6 Å². The average Bonchev–Trinajstić information content (AvgIpc) is 1.70. The van der Waals surface area contributed by atoms with Crippen LogP contribution in [0.15, 0.2) is 97.2 Å². The Morgan fingerprint density at radius 1 is 0.656 bits per heavy atom. The van der Waals surface area contributed by atoms with E-state index < -0.39 is 119 Å². The van der Waals surface area contributed by atoms with Crippen molar-refractivity contribution in [1.82, 2.24) is 57.7 Å². The molecule has 4 heterocycles. The van der Waals surface area contributed by atoms with Crippen LogP contribution in [0.2, 0.25) is 0 Å². The van der Waals surface area contributed by atoms with Gasteiger partial charge >= 0.3 is 0 Å². The van der Waals surface area contributed by atoms with E-state index in [4.69, 9.17) is 4.74 Å². The number of amides is 10. The third-order valence-electron chi connectivity index (χ3n) is 16.1. The Balaban J connectivity index is 1.12. The summed E-state index contributed by atoms with van der Waals surface area (Å²) in [4.78, 5) is 147. The van der Waals surface area contributed by atoms with Crippen LogP contribution in [0, 0.1) is 5.82 Å². The number of H-pyrrole nitrogens is 1. The zero-order valence-corrected chi connectivity index (χ0v) is 52.5. The first-order valence-electron chi connectivity index (χ1n) is 29.9. The highest BCUT2D eigenvalue weighted by atomic mass is 32.2. The fourth-order valence-corrected chi connectivity index (χ4v) is 12.7. The fourth-order valence-electron chi connectivity index (χ4n) is 11.0. The molecule has 1 saturated heterocycles. The Morgan fingerprint density at radius 3 is 2.01 bits per heavy atom. The summed E-state index contributed by atoms with van der Waals surface area (Å²) in [5.41, 5.74) is 3.23. The largest absolute Gasteiger partial charge is 0.497 e. The van der Waals surface area contributed by atoms with Crippen LogP contribution < -0.4 is 52.6 Å². The van der Waals surface area contributed by atoms with Crippen molar-refractivity contribution >= 4 is 93.5 Å². The van der Waals surface area contributed by atoms with Crippen LogP contribution in [0.3, 0.4) is 0 Å². The normalized spacial score (nSPS) is 25.2. The van der Waals surface area contributed by atoms with Gasteiger partial charge in [-0.05, 0) is 104 Å². The molecule has 8 rings (SSSR count). The lowest BCUT2D eigenvalue weighted by Crippen LogP contribution is -2.63. The minimum absolute atomic E-state index is 0.100. The molecule has 0 saturated carbocycles. The van der Waals surface area contributed by atoms with Gasteiger partial charge in [-0.15, -0.1) is 0 Å². The number of hydrogen-bond donors (Lipinski definition) is 11. The first-order chi connectivity index (χ1) is 43.1. The molecule has 3 aliphatic heterocycles. The monoisotopic (exact) mass is 1280 g/mol. The van der Waals surface area contributed by atoms with Crippen molar-refractivity contribution in [1.29, 1.82) is 0 Å². The van der Waals surface area contributed by atoms with E-state index in [0.717, 1.165) is 11.1 Å². The van der Waals surface area contributed by atoms with Crippen LogP contribution in [0.5, 0.6) is 5.75 Å². The van der Waals surface area contributed by atoms with E-state index in [1.165, 1.54) is 57.2 Å². The van der Waals surface area contributed by atoms with Crippen molar-refractivity contribution in [3.05, 3.63) is 136 Å². The van der Waals surface area contributed by atoms with Crippen molar-refractivity contribution in [2.45, 2.75) is 145 Å². The van der Waals surface area contributed by atoms with Crippen molar-refractivity contribution in [3.8, 4) is 5.75 Å². The second-order valence-electron chi connectivity index (χ2n) is 23.1. The number of nitrogens with zero attached hydrogens (tertiary/aromatic N) is 1. The number of hydrogen-bond acceptors (Lipinski definition) is 14. The molecule has 26 heteroatoms. The van der Waals surface area contributed by atoms with Crippen LogP contribution in [0.4, 0.5) is 4.39 Å². The van der Waals surface area contributed by atoms with Crippen molar-refractivity contribution in [2.75, 3.05) is 31.7 Å². The van der Waals surface area contributed by atoms with Crippen molar-refractivity contribution in [2.24, 2.45) is 0 Å². The Labute approximate surface area is 529 Å². The van der Waals surface area contributed by atoms with Gasteiger partial charge in [0.25, 0.3) is 0 Å². The van der Waals surface area contributed by atoms with E-state index in [1.54, 1.807) is 79.0 Å². The number of ether oxygens (including phenoxy) is 1. The third kappa shape index (κ3) is 18.1. The van der Waals surface area contributed by atoms with E-state index in [-0.39, 0.29) is 51.2 Å². The maximum atomic E-state index is 15.0. The predicted octanol–water partition coefficient (Wildman–Crippen LogP) is 2.25. The van der Waals surface area contributed by atoms with Gasteiger partial charge in [-0.2, -0.15) is 23.5 Å². The molecule has 4 aromatic carbocycles. The zero-order chi connectivity index (χ0) is 64.6. The number of halogens is 1. The number of methoxy groups -OCH3 is 1. The number of carbonyl (C=O) groups is 10. The van der Waals surface area contributed by atoms with E-state index in [0.29, 0.717) is 74.8 Å². The number of benzene rings is 4. The number of thioether (sulfide) groups is 2. The lowest BCUT2D eigenvalue weighted by atomic mass is 9.95. The lowest BCUT2D eigenvalue weighted by Gasteiger charge is -2.37. The van der Waals surface area contributed by atoms with E-state index >= 15 is 4.79 Å². The van der Waals surface area contributed by atoms with E-state index in [2.05, 4.69) is 58.9 Å². The molecule has 0 aliphatic carbocycles. The van der Waals surface area contributed by atoms with Crippen LogP contribution in [0.25, 0.3) is 10.9 Å². The van der Waals surface area contributed by atoms with Gasteiger partial charge in [0, 0.05) is 85.4 Å². The van der Waals surface area contributed by atoms with Crippen LogP contribution >= 0.6 is 23.5 Å². The fraction of sp³-hybridized carbons (Fsp3) is 0.438. The Kier molecular flexibility index (Phi) is 23.5. The van der Waals surface area contributed by atoms with Gasteiger partial charge in [0.2, 0.25) is 59.1 Å². The molecule has 23 nitrogen and oxygen atoms in total. The van der Waals surface area contributed by atoms with Gasteiger partial charge in [-0.3, -0.25) is 47.9 Å². The number of aliphatic hydroxyl groups excluding tert-OH is 1. The van der Waals surface area contributed by atoms with Gasteiger partial charge in [-0.1, -0.05) is 60.7 Å². The molecule has 9 atom stereocenters. The molecule has 10 amide bonds. The topological polar surface area (TPSA) is 327 Å². The minimum Gasteiger partial charge on any atom is -0.497 e. The molecule has 480 valence electrons. The Hall–Kier alpha value is -8.49. The number of rotatable bonds is 6. The summed E-state index contributed by atoms with van der Waals surface area (Å²) in [6, 6.07) is 15.0. The van der Waals surface area contributed by atoms with Crippen LogP contribution in [0.1, 0.15) is 86.8 Å². The smallest absolute Gasteiger partial charge is 0.246 e. The highest BCUT2D eigenvalue weighted by molar-refractivity contribution is 7.98. The molecule has 0 radical (unpaired) electrons. The van der Waals surface area contributed by atoms with Crippen molar-refractivity contribution in [3.63, 3.8) is 0 Å². The number of aliphatic hydroxyl groups is 1. The number of carbonyl (C=O) groups excluding carboxylic acids is 10. The quantitative estimate of drug-likeness (QED) is 0.116. The van der Waals surface area contributed by atoms with Gasteiger partial charge in [0.1, 0.15) is 59.4 Å². The number of aromatic nitrogens is 1. The molecule has 5 aromatic rings. The average molecular weight is 1280 g/mol. The molecule has 6 bridgehead atoms. The molecule has 1 aromatic heterocycles. The molecule has 1 fully saturated rings. The minimum atomic E-state index is -1.83. The summed E-state index contributed by atoms with van der Waals surface area (Å²) < 4.78 is 20.2. The molecule has 3 aliphatic rings. The Bertz CT molecular complexity index is 3460. The van der Waals surface area contributed by atoms with E-state index in [9.17, 15) is 52.6 Å². The third-order valence-corrected chi connectivity index (χ3v) is 18.2. The number of fused-ring (bicyclic) bond motifs is 12. The van der Waals surface area contributed by atoms with Gasteiger partial charge in [-0.25, -0.2) is 4.39 Å². The summed E-state index contributed by atoms with van der Waals surface area (Å²) in [5.74, 6) is -5.54. The molecule has 11 N–H and O–H groups in total. The SMILES string of the molecule is COc1ccc(C[C@@H]2NC(=O)[C@H]([C@@H](C)O)NC(=O)[C@@H]3CC(=O)NCc4cccc(c4)C[C@H](NC(=O)[C@@H](C)NC(=O)[C@H](C)NC(=O)CCSCc4cccc(c4)CSCCNC(=O)[C@]4(C)CCCN4C2=O)C(=O)N[C@@H](Cc2c[nH]c4ccc(F)cc24)C(=O)N3)cc1. The molecule has 0 unspecified atom stereocenters. The highest BCUT2D eigenvalue weighted by Gasteiger charge is 2.48. The summed E-state index contributed by atoms with van der Waals surface area (Å²) in [7, 11) is 1.49. The summed E-state index contributed by atoms with van der Waals surface area (Å²) in [5, 5.41) is 35.9. The second kappa shape index (κ2) is 31.3. The van der Waals surface area contributed by atoms with Gasteiger partial charge < -0.3 is 67.6 Å². The van der Waals surface area contributed by atoms with Crippen LogP contribution in [-0.2, 0) is 85.3 Å². The number of nitrogens with one attached hydrogen (secondary N) is 10. The molecular weight excluding hydrogens is 1200 g/mol. The first kappa shape index (κ1) is 67.4.